The highest BCUT2D eigenvalue weighted by atomic mass is 16.5. The number of hydrogen-bond acceptors (Lipinski definition) is 5. The minimum atomic E-state index is -0.900. The minimum absolute atomic E-state index is 0.161. The summed E-state index contributed by atoms with van der Waals surface area (Å²) in [6, 6.07) is 13.6. The lowest BCUT2D eigenvalue weighted by Gasteiger charge is -2.16. The third-order valence-electron chi connectivity index (χ3n) is 4.76. The lowest BCUT2D eigenvalue weighted by Crippen LogP contribution is -2.25. The number of benzene rings is 2. The lowest BCUT2D eigenvalue weighted by molar-refractivity contribution is -0.128. The molecule has 0 radical (unpaired) electrons. The molecule has 0 aliphatic carbocycles. The molecule has 1 aliphatic heterocycles. The van der Waals surface area contributed by atoms with E-state index in [2.05, 4.69) is 0 Å². The van der Waals surface area contributed by atoms with Gasteiger partial charge in [0.05, 0.1) is 12.7 Å². The maximum absolute atomic E-state index is 12.4. The molecular weight excluding hydrogens is 358 g/mol. The average molecular weight is 381 g/mol. The molecule has 0 aromatic heterocycles. The highest BCUT2D eigenvalue weighted by Gasteiger charge is 2.22. The first-order chi connectivity index (χ1) is 13.5. The fraction of sp³-hybridized carbons (Fsp3) is 0.318. The number of carbonyl (C=O) groups is 3. The number of methoxy groups -OCH3 is 1. The number of rotatable bonds is 7. The average Bonchev–Trinajstić information content (AvgIpc) is 3.12. The fourth-order valence-electron chi connectivity index (χ4n) is 3.11. The zero-order valence-electron chi connectivity index (χ0n) is 16.0. The Hall–Kier alpha value is -3.15. The van der Waals surface area contributed by atoms with E-state index in [9.17, 15) is 14.4 Å². The third-order valence-corrected chi connectivity index (χ3v) is 4.76. The fourth-order valence-corrected chi connectivity index (χ4v) is 3.11. The monoisotopic (exact) mass is 381 g/mol. The highest BCUT2D eigenvalue weighted by molar-refractivity contribution is 6.01. The molecule has 0 saturated carbocycles. The van der Waals surface area contributed by atoms with Gasteiger partial charge in [0.15, 0.2) is 6.10 Å². The summed E-state index contributed by atoms with van der Waals surface area (Å²) in [5.74, 6) is -0.0235. The van der Waals surface area contributed by atoms with Crippen molar-refractivity contribution in [2.45, 2.75) is 32.4 Å². The predicted molar refractivity (Wildman–Crippen MR) is 103 cm³/mol. The summed E-state index contributed by atoms with van der Waals surface area (Å²) >= 11 is 0. The van der Waals surface area contributed by atoms with Gasteiger partial charge in [-0.15, -0.1) is 0 Å². The quantitative estimate of drug-likeness (QED) is 0.544. The largest absolute Gasteiger partial charge is 0.497 e. The van der Waals surface area contributed by atoms with Crippen LogP contribution in [0.15, 0.2) is 48.5 Å². The van der Waals surface area contributed by atoms with E-state index in [0.717, 1.165) is 18.5 Å². The topological polar surface area (TPSA) is 72.9 Å². The van der Waals surface area contributed by atoms with Crippen LogP contribution in [0, 0.1) is 0 Å². The van der Waals surface area contributed by atoms with Crippen molar-refractivity contribution in [1.29, 1.82) is 0 Å². The number of likely N-dealkylation sites (tertiary alicyclic amines) is 1. The SMILES string of the molecule is COc1ccc(C(=O)C(C)OC(=O)c2ccc(CN3CCCC3=O)cc2)cc1. The van der Waals surface area contributed by atoms with E-state index in [1.807, 2.05) is 4.90 Å². The van der Waals surface area contributed by atoms with Gasteiger partial charge in [-0.2, -0.15) is 0 Å². The molecule has 6 heteroatoms. The number of hydrogen-bond donors (Lipinski definition) is 0. The molecule has 1 unspecified atom stereocenters. The second-order valence-corrected chi connectivity index (χ2v) is 6.76. The van der Waals surface area contributed by atoms with Gasteiger partial charge in [-0.1, -0.05) is 12.1 Å². The Kier molecular flexibility index (Phi) is 6.09. The summed E-state index contributed by atoms with van der Waals surface area (Å²) in [6.07, 6.45) is 0.594. The van der Waals surface area contributed by atoms with Crippen LogP contribution in [0.25, 0.3) is 0 Å². The summed E-state index contributed by atoms with van der Waals surface area (Å²) in [4.78, 5) is 38.3. The van der Waals surface area contributed by atoms with Crippen LogP contribution in [0.4, 0.5) is 0 Å². The highest BCUT2D eigenvalue weighted by Crippen LogP contribution is 2.17. The van der Waals surface area contributed by atoms with E-state index in [1.54, 1.807) is 62.6 Å². The van der Waals surface area contributed by atoms with Crippen LogP contribution in [0.5, 0.6) is 5.75 Å². The molecule has 2 aromatic rings. The molecule has 1 heterocycles. The molecule has 1 saturated heterocycles. The van der Waals surface area contributed by atoms with Crippen molar-refractivity contribution < 1.29 is 23.9 Å². The zero-order valence-corrected chi connectivity index (χ0v) is 16.0. The Morgan fingerprint density at radius 1 is 1.04 bits per heavy atom. The number of nitrogens with zero attached hydrogens (tertiary/aromatic N) is 1. The van der Waals surface area contributed by atoms with Gasteiger partial charge < -0.3 is 14.4 Å². The Bertz CT molecular complexity index is 858. The van der Waals surface area contributed by atoms with Crippen LogP contribution in [0.3, 0.4) is 0 Å². The van der Waals surface area contributed by atoms with E-state index in [4.69, 9.17) is 9.47 Å². The van der Waals surface area contributed by atoms with Crippen molar-refractivity contribution in [3.63, 3.8) is 0 Å². The molecule has 1 amide bonds. The summed E-state index contributed by atoms with van der Waals surface area (Å²) < 4.78 is 10.4. The van der Waals surface area contributed by atoms with Crippen molar-refractivity contribution in [2.75, 3.05) is 13.7 Å². The van der Waals surface area contributed by atoms with Crippen LogP contribution in [-0.2, 0) is 16.1 Å². The molecule has 2 aromatic carbocycles. The maximum atomic E-state index is 12.4. The first kappa shape index (κ1) is 19.6. The summed E-state index contributed by atoms with van der Waals surface area (Å²) in [6.45, 7) is 2.87. The summed E-state index contributed by atoms with van der Waals surface area (Å²) in [7, 11) is 1.55. The van der Waals surface area contributed by atoms with Crippen molar-refractivity contribution in [3.05, 3.63) is 65.2 Å². The van der Waals surface area contributed by atoms with Gasteiger partial charge in [-0.05, 0) is 55.3 Å². The van der Waals surface area contributed by atoms with E-state index in [1.165, 1.54) is 0 Å². The molecule has 1 fully saturated rings. The lowest BCUT2D eigenvalue weighted by atomic mass is 10.1. The first-order valence-electron chi connectivity index (χ1n) is 9.24. The molecular formula is C22H23NO5. The maximum Gasteiger partial charge on any atom is 0.338 e. The molecule has 0 spiro atoms. The van der Waals surface area contributed by atoms with Crippen LogP contribution in [0.2, 0.25) is 0 Å². The van der Waals surface area contributed by atoms with E-state index in [-0.39, 0.29) is 11.7 Å². The Balaban J connectivity index is 1.58. The van der Waals surface area contributed by atoms with Crippen molar-refractivity contribution >= 4 is 17.7 Å². The summed E-state index contributed by atoms with van der Waals surface area (Å²) in [5.41, 5.74) is 1.77. The van der Waals surface area contributed by atoms with Crippen molar-refractivity contribution in [2.24, 2.45) is 0 Å². The van der Waals surface area contributed by atoms with Crippen LogP contribution >= 0.6 is 0 Å². The molecule has 0 bridgehead atoms. The standard InChI is InChI=1S/C22H23NO5/c1-15(21(25)17-9-11-19(27-2)12-10-17)28-22(26)18-7-5-16(6-8-18)14-23-13-3-4-20(23)24/h5-12,15H,3-4,13-14H2,1-2H3. The van der Waals surface area contributed by atoms with E-state index < -0.39 is 12.1 Å². The Morgan fingerprint density at radius 2 is 1.68 bits per heavy atom. The number of esters is 1. The summed E-state index contributed by atoms with van der Waals surface area (Å²) in [5, 5.41) is 0. The molecule has 28 heavy (non-hydrogen) atoms. The van der Waals surface area contributed by atoms with Crippen LogP contribution in [-0.4, -0.2) is 42.3 Å². The molecule has 6 nitrogen and oxygen atoms in total. The van der Waals surface area contributed by atoms with Gasteiger partial charge in [0.25, 0.3) is 0 Å². The zero-order chi connectivity index (χ0) is 20.1. The number of amides is 1. The van der Waals surface area contributed by atoms with Crippen molar-refractivity contribution in [3.8, 4) is 5.75 Å². The van der Waals surface area contributed by atoms with Crippen LogP contribution < -0.4 is 4.74 Å². The molecule has 146 valence electrons. The second-order valence-electron chi connectivity index (χ2n) is 6.76. The predicted octanol–water partition coefficient (Wildman–Crippen LogP) is 3.25. The van der Waals surface area contributed by atoms with E-state index in [0.29, 0.717) is 29.8 Å². The Morgan fingerprint density at radius 3 is 2.25 bits per heavy atom. The van der Waals surface area contributed by atoms with Crippen LogP contribution in [0.1, 0.15) is 46.0 Å². The molecule has 0 N–H and O–H groups in total. The van der Waals surface area contributed by atoms with Gasteiger partial charge >= 0.3 is 5.97 Å². The second kappa shape index (κ2) is 8.69. The van der Waals surface area contributed by atoms with Gasteiger partial charge in [0.2, 0.25) is 11.7 Å². The number of Topliss-reactive ketones (excluding diaryl/α,β-unsaturated/α-hetero) is 1. The molecule has 1 atom stereocenters. The van der Waals surface area contributed by atoms with Crippen molar-refractivity contribution in [1.82, 2.24) is 4.90 Å². The Labute approximate surface area is 164 Å². The number of ketones is 1. The van der Waals surface area contributed by atoms with Gasteiger partial charge in [-0.25, -0.2) is 4.79 Å². The van der Waals surface area contributed by atoms with Gasteiger partial charge in [0, 0.05) is 25.1 Å². The van der Waals surface area contributed by atoms with Gasteiger partial charge in [0.1, 0.15) is 5.75 Å². The minimum Gasteiger partial charge on any atom is -0.497 e. The normalized spacial score (nSPS) is 14.6. The van der Waals surface area contributed by atoms with Gasteiger partial charge in [-0.3, -0.25) is 9.59 Å². The number of carbonyl (C=O) groups excluding carboxylic acids is 3. The third kappa shape index (κ3) is 4.57. The smallest absolute Gasteiger partial charge is 0.338 e. The number of ether oxygens (including phenoxy) is 2. The van der Waals surface area contributed by atoms with E-state index >= 15 is 0 Å². The first-order valence-corrected chi connectivity index (χ1v) is 9.24. The molecule has 1 aliphatic rings. The molecule has 3 rings (SSSR count).